The number of pyridine rings is 1. The number of carbonyl (C=O) groups excluding carboxylic acids is 1. The molecule has 2 heterocycles. The van der Waals surface area contributed by atoms with Crippen molar-refractivity contribution in [2.75, 3.05) is 12.4 Å². The minimum absolute atomic E-state index is 0.168. The van der Waals surface area contributed by atoms with E-state index in [1.54, 1.807) is 7.11 Å². The van der Waals surface area contributed by atoms with Gasteiger partial charge in [-0.1, -0.05) is 30.8 Å². The topological polar surface area (TPSA) is 87.9 Å². The zero-order valence-electron chi connectivity index (χ0n) is 18.2. The summed E-state index contributed by atoms with van der Waals surface area (Å²) >= 11 is 2.69. The fourth-order valence-electron chi connectivity index (χ4n) is 3.67. The summed E-state index contributed by atoms with van der Waals surface area (Å²) in [7, 11) is 1.63. The van der Waals surface area contributed by atoms with E-state index < -0.39 is 5.25 Å². The van der Waals surface area contributed by atoms with Gasteiger partial charge in [0.05, 0.1) is 23.6 Å². The fraction of sp³-hybridized carbons (Fsp3) is 0.333. The predicted octanol–water partition coefficient (Wildman–Crippen LogP) is 5.33. The van der Waals surface area contributed by atoms with Crippen molar-refractivity contribution in [2.24, 2.45) is 5.92 Å². The van der Waals surface area contributed by atoms with Crippen molar-refractivity contribution in [2.45, 2.75) is 43.4 Å². The van der Waals surface area contributed by atoms with E-state index >= 15 is 0 Å². The molecule has 4 rings (SSSR count). The summed E-state index contributed by atoms with van der Waals surface area (Å²) in [5.74, 6) is 1.20. The van der Waals surface area contributed by atoms with Crippen LogP contribution in [0.15, 0.2) is 40.7 Å². The van der Waals surface area contributed by atoms with Gasteiger partial charge in [0.1, 0.15) is 16.8 Å². The van der Waals surface area contributed by atoms with Gasteiger partial charge in [0.15, 0.2) is 5.13 Å². The predicted molar refractivity (Wildman–Crippen MR) is 128 cm³/mol. The summed E-state index contributed by atoms with van der Waals surface area (Å²) in [4.78, 5) is 22.1. The van der Waals surface area contributed by atoms with Gasteiger partial charge < -0.3 is 10.1 Å². The van der Waals surface area contributed by atoms with Crippen LogP contribution in [0.1, 0.15) is 37.1 Å². The SMILES string of the molecule is COc1cccc(-c2csc(NC(=O)C(C)Sc3nc4c(cc3C#N)CC(C)CC4)n2)c1. The Morgan fingerprint density at radius 2 is 2.22 bits per heavy atom. The first kappa shape index (κ1) is 22.3. The fourth-order valence-corrected chi connectivity index (χ4v) is 5.29. The second kappa shape index (κ2) is 9.72. The van der Waals surface area contributed by atoms with Crippen LogP contribution in [0.4, 0.5) is 5.13 Å². The van der Waals surface area contributed by atoms with Crippen molar-refractivity contribution in [3.05, 3.63) is 52.5 Å². The van der Waals surface area contributed by atoms with Crippen LogP contribution in [0.2, 0.25) is 0 Å². The van der Waals surface area contributed by atoms with Crippen molar-refractivity contribution in [1.29, 1.82) is 5.26 Å². The molecule has 8 heteroatoms. The Labute approximate surface area is 196 Å². The number of thiazole rings is 1. The molecule has 2 aromatic heterocycles. The number of nitriles is 1. The van der Waals surface area contributed by atoms with Gasteiger partial charge in [-0.15, -0.1) is 11.3 Å². The number of nitrogens with zero attached hydrogens (tertiary/aromatic N) is 3. The molecule has 0 spiro atoms. The Bertz CT molecular complexity index is 1180. The van der Waals surface area contributed by atoms with E-state index in [0.717, 1.165) is 47.5 Å². The van der Waals surface area contributed by atoms with Gasteiger partial charge in [-0.25, -0.2) is 9.97 Å². The Kier molecular flexibility index (Phi) is 6.77. The molecular weight excluding hydrogens is 440 g/mol. The lowest BCUT2D eigenvalue weighted by Crippen LogP contribution is -2.23. The number of anilines is 1. The molecule has 32 heavy (non-hydrogen) atoms. The van der Waals surface area contributed by atoms with Crippen molar-refractivity contribution in [1.82, 2.24) is 9.97 Å². The van der Waals surface area contributed by atoms with E-state index in [0.29, 0.717) is 21.6 Å². The molecular formula is C24H24N4O2S2. The third kappa shape index (κ3) is 4.95. The molecule has 2 unspecified atom stereocenters. The molecule has 1 aromatic carbocycles. The molecule has 0 saturated heterocycles. The van der Waals surface area contributed by atoms with Gasteiger partial charge in [0.2, 0.25) is 5.91 Å². The maximum Gasteiger partial charge on any atom is 0.239 e. The summed E-state index contributed by atoms with van der Waals surface area (Å²) in [6, 6.07) is 11.8. The van der Waals surface area contributed by atoms with Crippen LogP contribution in [-0.2, 0) is 17.6 Å². The third-order valence-electron chi connectivity index (χ3n) is 5.48. The van der Waals surface area contributed by atoms with Crippen LogP contribution >= 0.6 is 23.1 Å². The Hall–Kier alpha value is -2.89. The number of hydrogen-bond donors (Lipinski definition) is 1. The monoisotopic (exact) mass is 464 g/mol. The summed E-state index contributed by atoms with van der Waals surface area (Å²) in [6.45, 7) is 4.04. The molecule has 2 atom stereocenters. The van der Waals surface area contributed by atoms with Crippen molar-refractivity contribution in [3.63, 3.8) is 0 Å². The van der Waals surface area contributed by atoms with Crippen LogP contribution in [-0.4, -0.2) is 28.2 Å². The Morgan fingerprint density at radius 3 is 3.00 bits per heavy atom. The number of aryl methyl sites for hydroxylation is 1. The number of aromatic nitrogens is 2. The summed E-state index contributed by atoms with van der Waals surface area (Å²) in [5, 5.41) is 15.1. The minimum Gasteiger partial charge on any atom is -0.497 e. The minimum atomic E-state index is -0.417. The summed E-state index contributed by atoms with van der Waals surface area (Å²) < 4.78 is 5.27. The number of carbonyl (C=O) groups is 1. The molecule has 3 aromatic rings. The van der Waals surface area contributed by atoms with Crippen LogP contribution in [0, 0.1) is 17.2 Å². The van der Waals surface area contributed by atoms with Gasteiger partial charge in [-0.05, 0) is 55.9 Å². The van der Waals surface area contributed by atoms with E-state index in [4.69, 9.17) is 9.72 Å². The first-order valence-corrected chi connectivity index (χ1v) is 12.2. The van der Waals surface area contributed by atoms with E-state index in [1.165, 1.54) is 23.1 Å². The average Bonchev–Trinajstić information content (AvgIpc) is 3.27. The molecule has 1 N–H and O–H groups in total. The van der Waals surface area contributed by atoms with Crippen molar-refractivity contribution in [3.8, 4) is 23.1 Å². The zero-order valence-corrected chi connectivity index (χ0v) is 19.8. The average molecular weight is 465 g/mol. The van der Waals surface area contributed by atoms with E-state index in [2.05, 4.69) is 23.3 Å². The number of amides is 1. The Morgan fingerprint density at radius 1 is 1.38 bits per heavy atom. The number of nitrogens with one attached hydrogen (secondary N) is 1. The molecule has 6 nitrogen and oxygen atoms in total. The second-order valence-corrected chi connectivity index (χ2v) is 10.1. The van der Waals surface area contributed by atoms with Crippen LogP contribution in [0.25, 0.3) is 11.3 Å². The highest BCUT2D eigenvalue weighted by Gasteiger charge is 2.23. The maximum absolute atomic E-state index is 12.8. The number of ether oxygens (including phenoxy) is 1. The number of thioether (sulfide) groups is 1. The van der Waals surface area contributed by atoms with Crippen LogP contribution in [0.3, 0.4) is 0 Å². The quantitative estimate of drug-likeness (QED) is 0.496. The van der Waals surface area contributed by atoms with Gasteiger partial charge in [-0.2, -0.15) is 5.26 Å². The second-order valence-electron chi connectivity index (χ2n) is 7.93. The molecule has 164 valence electrons. The molecule has 1 aliphatic carbocycles. The highest BCUT2D eigenvalue weighted by Crippen LogP contribution is 2.32. The van der Waals surface area contributed by atoms with Gasteiger partial charge in [0.25, 0.3) is 0 Å². The number of fused-ring (bicyclic) bond motifs is 1. The zero-order chi connectivity index (χ0) is 22.7. The molecule has 1 aliphatic rings. The van der Waals surface area contributed by atoms with Gasteiger partial charge in [0, 0.05) is 16.6 Å². The standard InChI is InChI=1S/C24H24N4O2S2/c1-14-7-8-20-17(9-14)10-18(12-25)23(26-20)32-15(2)22(29)28-24-27-21(13-31-24)16-5-4-6-19(11-16)30-3/h4-6,10-11,13-15H,7-9H2,1-3H3,(H,27,28,29). The number of hydrogen-bond acceptors (Lipinski definition) is 7. The first-order chi connectivity index (χ1) is 15.5. The molecule has 0 fully saturated rings. The van der Waals surface area contributed by atoms with Gasteiger partial charge in [-0.3, -0.25) is 4.79 Å². The van der Waals surface area contributed by atoms with Crippen molar-refractivity contribution < 1.29 is 9.53 Å². The van der Waals surface area contributed by atoms with Crippen molar-refractivity contribution >= 4 is 34.1 Å². The smallest absolute Gasteiger partial charge is 0.239 e. The number of benzene rings is 1. The van der Waals surface area contributed by atoms with E-state index in [9.17, 15) is 10.1 Å². The molecule has 1 amide bonds. The maximum atomic E-state index is 12.8. The lowest BCUT2D eigenvalue weighted by Gasteiger charge is -2.22. The van der Waals surface area contributed by atoms with E-state index in [-0.39, 0.29) is 5.91 Å². The molecule has 0 aliphatic heterocycles. The lowest BCUT2D eigenvalue weighted by molar-refractivity contribution is -0.115. The number of methoxy groups -OCH3 is 1. The highest BCUT2D eigenvalue weighted by atomic mass is 32.2. The van der Waals surface area contributed by atoms with Crippen LogP contribution in [0.5, 0.6) is 5.75 Å². The van der Waals surface area contributed by atoms with E-state index in [1.807, 2.05) is 42.6 Å². The van der Waals surface area contributed by atoms with Gasteiger partial charge >= 0.3 is 0 Å². The highest BCUT2D eigenvalue weighted by molar-refractivity contribution is 8.00. The summed E-state index contributed by atoms with van der Waals surface area (Å²) in [6.07, 6.45) is 2.98. The number of rotatable bonds is 6. The third-order valence-corrected chi connectivity index (χ3v) is 7.34. The summed E-state index contributed by atoms with van der Waals surface area (Å²) in [5.41, 5.74) is 4.46. The largest absolute Gasteiger partial charge is 0.497 e. The molecule has 0 radical (unpaired) electrons. The first-order valence-electron chi connectivity index (χ1n) is 10.5. The molecule has 0 saturated carbocycles. The molecule has 0 bridgehead atoms. The lowest BCUT2D eigenvalue weighted by atomic mass is 9.87. The normalized spacial score (nSPS) is 16.0. The van der Waals surface area contributed by atoms with Crippen LogP contribution < -0.4 is 10.1 Å². The Balaban J connectivity index is 1.45.